The molecule has 0 saturated carbocycles. The predicted molar refractivity (Wildman–Crippen MR) is 93.5 cm³/mol. The van der Waals surface area contributed by atoms with Crippen LogP contribution in [0.5, 0.6) is 0 Å². The van der Waals surface area contributed by atoms with E-state index < -0.39 is 0 Å². The SMILES string of the molecule is Cc1cc(NCC2(c3ccc(Cl)cc3Cl)CCOCC2)ncn1. The van der Waals surface area contributed by atoms with Gasteiger partial charge in [0.25, 0.3) is 0 Å². The van der Waals surface area contributed by atoms with E-state index in [1.165, 1.54) is 0 Å². The van der Waals surface area contributed by atoms with Crippen LogP contribution >= 0.6 is 23.2 Å². The van der Waals surface area contributed by atoms with Gasteiger partial charge < -0.3 is 10.1 Å². The van der Waals surface area contributed by atoms with E-state index >= 15 is 0 Å². The van der Waals surface area contributed by atoms with E-state index in [9.17, 15) is 0 Å². The van der Waals surface area contributed by atoms with Crippen molar-refractivity contribution < 1.29 is 4.74 Å². The van der Waals surface area contributed by atoms with E-state index in [2.05, 4.69) is 15.3 Å². The summed E-state index contributed by atoms with van der Waals surface area (Å²) < 4.78 is 5.56. The third-order valence-electron chi connectivity index (χ3n) is 4.36. The highest BCUT2D eigenvalue weighted by Crippen LogP contribution is 2.39. The molecule has 122 valence electrons. The maximum Gasteiger partial charge on any atom is 0.129 e. The van der Waals surface area contributed by atoms with Gasteiger partial charge >= 0.3 is 0 Å². The van der Waals surface area contributed by atoms with E-state index in [0.29, 0.717) is 10.0 Å². The van der Waals surface area contributed by atoms with Crippen LogP contribution in [0.25, 0.3) is 0 Å². The number of halogens is 2. The number of hydrogen-bond acceptors (Lipinski definition) is 4. The van der Waals surface area contributed by atoms with E-state index in [1.807, 2.05) is 31.2 Å². The smallest absolute Gasteiger partial charge is 0.129 e. The lowest BCUT2D eigenvalue weighted by molar-refractivity contribution is 0.0544. The zero-order chi connectivity index (χ0) is 16.3. The fourth-order valence-electron chi connectivity index (χ4n) is 3.03. The van der Waals surface area contributed by atoms with Gasteiger partial charge in [0.2, 0.25) is 0 Å². The molecule has 0 amide bonds. The second-order valence-electron chi connectivity index (χ2n) is 5.92. The summed E-state index contributed by atoms with van der Waals surface area (Å²) in [6, 6.07) is 7.68. The molecular formula is C17H19Cl2N3O. The summed E-state index contributed by atoms with van der Waals surface area (Å²) >= 11 is 12.5. The number of nitrogens with zero attached hydrogens (tertiary/aromatic N) is 2. The van der Waals surface area contributed by atoms with Crippen LogP contribution in [0.15, 0.2) is 30.6 Å². The van der Waals surface area contributed by atoms with Crippen LogP contribution in [0.4, 0.5) is 5.82 Å². The summed E-state index contributed by atoms with van der Waals surface area (Å²) in [5.41, 5.74) is 1.97. The molecule has 1 fully saturated rings. The largest absolute Gasteiger partial charge is 0.381 e. The van der Waals surface area contributed by atoms with Crippen molar-refractivity contribution in [3.63, 3.8) is 0 Å². The number of benzene rings is 1. The average molecular weight is 352 g/mol. The lowest BCUT2D eigenvalue weighted by Gasteiger charge is -2.38. The van der Waals surface area contributed by atoms with Crippen LogP contribution in [0, 0.1) is 6.92 Å². The van der Waals surface area contributed by atoms with Gasteiger partial charge in [-0.1, -0.05) is 29.3 Å². The van der Waals surface area contributed by atoms with Gasteiger partial charge in [-0.25, -0.2) is 9.97 Å². The Bertz CT molecular complexity index is 687. The quantitative estimate of drug-likeness (QED) is 0.894. The van der Waals surface area contributed by atoms with Crippen molar-refractivity contribution in [1.29, 1.82) is 0 Å². The number of aryl methyl sites for hydroxylation is 1. The molecule has 1 aliphatic heterocycles. The molecule has 0 radical (unpaired) electrons. The predicted octanol–water partition coefficient (Wildman–Crippen LogP) is 4.25. The highest BCUT2D eigenvalue weighted by molar-refractivity contribution is 6.35. The summed E-state index contributed by atoms with van der Waals surface area (Å²) in [5.74, 6) is 0.827. The number of nitrogens with one attached hydrogen (secondary N) is 1. The molecule has 2 heterocycles. The van der Waals surface area contributed by atoms with Crippen LogP contribution in [0.1, 0.15) is 24.1 Å². The first-order valence-corrected chi connectivity index (χ1v) is 8.40. The lowest BCUT2D eigenvalue weighted by Crippen LogP contribution is -2.40. The summed E-state index contributed by atoms with van der Waals surface area (Å²) in [4.78, 5) is 8.40. The summed E-state index contributed by atoms with van der Waals surface area (Å²) in [7, 11) is 0. The highest BCUT2D eigenvalue weighted by atomic mass is 35.5. The van der Waals surface area contributed by atoms with E-state index in [0.717, 1.165) is 49.7 Å². The molecule has 1 N–H and O–H groups in total. The van der Waals surface area contributed by atoms with Gasteiger partial charge in [0.05, 0.1) is 0 Å². The van der Waals surface area contributed by atoms with Crippen LogP contribution in [0.3, 0.4) is 0 Å². The molecule has 0 unspecified atom stereocenters. The first-order valence-electron chi connectivity index (χ1n) is 7.65. The van der Waals surface area contributed by atoms with Crippen LogP contribution in [-0.2, 0) is 10.2 Å². The zero-order valence-electron chi connectivity index (χ0n) is 13.0. The minimum absolute atomic E-state index is 0.0845. The molecule has 4 nitrogen and oxygen atoms in total. The Morgan fingerprint density at radius 1 is 1.17 bits per heavy atom. The fraction of sp³-hybridized carbons (Fsp3) is 0.412. The standard InChI is InChI=1S/C17H19Cl2N3O/c1-12-8-16(22-11-21-12)20-10-17(4-6-23-7-5-17)14-3-2-13(18)9-15(14)19/h2-3,8-9,11H,4-7,10H2,1H3,(H,20,21,22). The summed E-state index contributed by atoms with van der Waals surface area (Å²) in [6.45, 7) is 4.15. The minimum atomic E-state index is -0.0845. The van der Waals surface area contributed by atoms with Crippen molar-refractivity contribution >= 4 is 29.0 Å². The van der Waals surface area contributed by atoms with Gasteiger partial charge in [0.1, 0.15) is 12.1 Å². The molecule has 0 atom stereocenters. The Morgan fingerprint density at radius 3 is 2.65 bits per heavy atom. The third kappa shape index (κ3) is 3.77. The fourth-order valence-corrected chi connectivity index (χ4v) is 3.64. The summed E-state index contributed by atoms with van der Waals surface area (Å²) in [5, 5.41) is 4.80. The Balaban J connectivity index is 1.87. The second-order valence-corrected chi connectivity index (χ2v) is 6.76. The minimum Gasteiger partial charge on any atom is -0.381 e. The molecule has 0 aliphatic carbocycles. The molecule has 6 heteroatoms. The maximum atomic E-state index is 6.48. The van der Waals surface area contributed by atoms with Gasteiger partial charge in [-0.05, 0) is 37.5 Å². The van der Waals surface area contributed by atoms with Gasteiger partial charge in [-0.15, -0.1) is 0 Å². The maximum absolute atomic E-state index is 6.48. The van der Waals surface area contributed by atoms with Crippen LogP contribution in [0.2, 0.25) is 10.0 Å². The Labute approximate surface area is 146 Å². The monoisotopic (exact) mass is 351 g/mol. The molecular weight excluding hydrogens is 333 g/mol. The highest BCUT2D eigenvalue weighted by Gasteiger charge is 2.36. The Hall–Kier alpha value is -1.36. The van der Waals surface area contributed by atoms with Crippen LogP contribution in [-0.4, -0.2) is 29.7 Å². The molecule has 2 aromatic rings. The van der Waals surface area contributed by atoms with Crippen molar-refractivity contribution in [2.45, 2.75) is 25.2 Å². The Morgan fingerprint density at radius 2 is 1.96 bits per heavy atom. The van der Waals surface area contributed by atoms with E-state index in [4.69, 9.17) is 27.9 Å². The zero-order valence-corrected chi connectivity index (χ0v) is 14.5. The van der Waals surface area contributed by atoms with Gasteiger partial charge in [0.15, 0.2) is 0 Å². The molecule has 1 saturated heterocycles. The molecule has 0 spiro atoms. The normalized spacial score (nSPS) is 17.0. The molecule has 1 aromatic heterocycles. The topological polar surface area (TPSA) is 47.0 Å². The number of aromatic nitrogens is 2. The molecule has 1 aliphatic rings. The first-order chi connectivity index (χ1) is 11.1. The third-order valence-corrected chi connectivity index (χ3v) is 4.91. The van der Waals surface area contributed by atoms with Crippen molar-refractivity contribution in [1.82, 2.24) is 9.97 Å². The molecule has 0 bridgehead atoms. The van der Waals surface area contributed by atoms with E-state index in [1.54, 1.807) is 6.33 Å². The Kier molecular flexibility index (Phi) is 5.05. The average Bonchev–Trinajstić information content (AvgIpc) is 2.54. The second kappa shape index (κ2) is 7.04. The number of ether oxygens (including phenoxy) is 1. The van der Waals surface area contributed by atoms with Crippen LogP contribution < -0.4 is 5.32 Å². The first kappa shape index (κ1) is 16.5. The summed E-state index contributed by atoms with van der Waals surface area (Å²) in [6.07, 6.45) is 3.39. The van der Waals surface area contributed by atoms with Crippen molar-refractivity contribution in [2.24, 2.45) is 0 Å². The van der Waals surface area contributed by atoms with Crippen molar-refractivity contribution in [2.75, 3.05) is 25.1 Å². The number of rotatable bonds is 4. The molecule has 3 rings (SSSR count). The van der Waals surface area contributed by atoms with Gasteiger partial charge in [0, 0.05) is 47.0 Å². The number of hydrogen-bond donors (Lipinski definition) is 1. The molecule has 1 aromatic carbocycles. The van der Waals surface area contributed by atoms with Gasteiger partial charge in [-0.2, -0.15) is 0 Å². The van der Waals surface area contributed by atoms with Gasteiger partial charge in [-0.3, -0.25) is 0 Å². The molecule has 23 heavy (non-hydrogen) atoms. The number of anilines is 1. The van der Waals surface area contributed by atoms with Crippen molar-refractivity contribution in [3.05, 3.63) is 51.9 Å². The van der Waals surface area contributed by atoms with Crippen molar-refractivity contribution in [3.8, 4) is 0 Å². The van der Waals surface area contributed by atoms with E-state index in [-0.39, 0.29) is 5.41 Å². The lowest BCUT2D eigenvalue weighted by atomic mass is 9.74.